The highest BCUT2D eigenvalue weighted by atomic mass is 32.1. The van der Waals surface area contributed by atoms with Gasteiger partial charge in [0.05, 0.1) is 17.9 Å². The Morgan fingerprint density at radius 1 is 1.33 bits per heavy atom. The van der Waals surface area contributed by atoms with Crippen molar-refractivity contribution in [2.75, 3.05) is 0 Å². The Balaban J connectivity index is 2.42. The zero-order chi connectivity index (χ0) is 10.8. The van der Waals surface area contributed by atoms with E-state index in [9.17, 15) is 13.9 Å². The predicted octanol–water partition coefficient (Wildman–Crippen LogP) is 1.90. The van der Waals surface area contributed by atoms with E-state index in [4.69, 9.17) is 0 Å². The van der Waals surface area contributed by atoms with Gasteiger partial charge in [-0.3, -0.25) is 0 Å². The molecule has 2 aromatic rings. The van der Waals surface area contributed by atoms with Crippen molar-refractivity contribution in [3.05, 3.63) is 47.3 Å². The zero-order valence-corrected chi connectivity index (χ0v) is 8.21. The first-order valence-corrected chi connectivity index (χ1v) is 4.82. The summed E-state index contributed by atoms with van der Waals surface area (Å²) in [4.78, 5) is 0. The molecule has 0 aliphatic heterocycles. The Bertz CT molecular complexity index is 461. The Labute approximate surface area is 88.3 Å². The van der Waals surface area contributed by atoms with E-state index in [0.717, 1.165) is 17.8 Å². The molecule has 78 valence electrons. The number of aromatic nitrogens is 2. The number of rotatable bonds is 2. The fraction of sp³-hybridized carbons (Fsp3) is 0.111. The lowest BCUT2D eigenvalue weighted by Gasteiger charge is -2.08. The molecular formula is C9H6F2N2OS. The molecule has 1 atom stereocenters. The minimum Gasteiger partial charge on any atom is -0.382 e. The third kappa shape index (κ3) is 1.86. The van der Waals surface area contributed by atoms with Crippen LogP contribution in [0.1, 0.15) is 17.4 Å². The van der Waals surface area contributed by atoms with Gasteiger partial charge in [0.15, 0.2) is 11.6 Å². The summed E-state index contributed by atoms with van der Waals surface area (Å²) in [6.07, 6.45) is 0.0408. The Morgan fingerprint density at radius 3 is 2.80 bits per heavy atom. The summed E-state index contributed by atoms with van der Waals surface area (Å²) in [5.74, 6) is -2.05. The normalized spacial score (nSPS) is 12.7. The van der Waals surface area contributed by atoms with Gasteiger partial charge in [0.1, 0.15) is 11.8 Å². The number of aliphatic hydroxyl groups excluding tert-OH is 1. The van der Waals surface area contributed by atoms with Crippen LogP contribution < -0.4 is 0 Å². The molecule has 0 spiro atoms. The molecule has 2 rings (SSSR count). The van der Waals surface area contributed by atoms with Gasteiger partial charge >= 0.3 is 0 Å². The molecule has 1 aromatic carbocycles. The van der Waals surface area contributed by atoms with Gasteiger partial charge in [-0.1, -0.05) is 12.1 Å². The number of benzene rings is 1. The standard InChI is InChI=1S/C9H6F2N2OS/c10-6-3-1-2-5(8(6)11)9(14)7-4-12-15-13-7/h1-4,9,14H. The SMILES string of the molecule is OC(c1cnsn1)c1cccc(F)c1F. The number of hydrogen-bond donors (Lipinski definition) is 1. The summed E-state index contributed by atoms with van der Waals surface area (Å²) >= 11 is 0.896. The topological polar surface area (TPSA) is 46.0 Å². The first kappa shape index (κ1) is 10.1. The van der Waals surface area contributed by atoms with Crippen LogP contribution in [0.15, 0.2) is 24.4 Å². The predicted molar refractivity (Wildman–Crippen MR) is 50.3 cm³/mol. The average Bonchev–Trinajstić information content (AvgIpc) is 2.74. The summed E-state index contributed by atoms with van der Waals surface area (Å²) in [5.41, 5.74) is 0.0761. The molecule has 3 nitrogen and oxygen atoms in total. The van der Waals surface area contributed by atoms with Crippen LogP contribution in [0.5, 0.6) is 0 Å². The quantitative estimate of drug-likeness (QED) is 0.853. The molecule has 15 heavy (non-hydrogen) atoms. The van der Waals surface area contributed by atoms with Crippen LogP contribution in [0.4, 0.5) is 8.78 Å². The maximum atomic E-state index is 13.3. The monoisotopic (exact) mass is 228 g/mol. The highest BCUT2D eigenvalue weighted by Crippen LogP contribution is 2.24. The second-order valence-corrected chi connectivity index (χ2v) is 3.43. The average molecular weight is 228 g/mol. The van der Waals surface area contributed by atoms with Gasteiger partial charge in [-0.05, 0) is 6.07 Å². The molecule has 0 saturated carbocycles. The van der Waals surface area contributed by atoms with Gasteiger partial charge in [-0.25, -0.2) is 8.78 Å². The third-order valence-electron chi connectivity index (χ3n) is 1.93. The van der Waals surface area contributed by atoms with E-state index < -0.39 is 17.7 Å². The summed E-state index contributed by atoms with van der Waals surface area (Å²) < 4.78 is 33.6. The molecule has 1 aromatic heterocycles. The van der Waals surface area contributed by atoms with Gasteiger partial charge in [0, 0.05) is 5.56 Å². The highest BCUT2D eigenvalue weighted by Gasteiger charge is 2.19. The van der Waals surface area contributed by atoms with Crippen LogP contribution in [-0.2, 0) is 0 Å². The van der Waals surface area contributed by atoms with Crippen LogP contribution in [0, 0.1) is 11.6 Å². The van der Waals surface area contributed by atoms with E-state index in [0.29, 0.717) is 0 Å². The number of nitrogens with zero attached hydrogens (tertiary/aromatic N) is 2. The van der Waals surface area contributed by atoms with Crippen molar-refractivity contribution >= 4 is 11.7 Å². The lowest BCUT2D eigenvalue weighted by Crippen LogP contribution is -2.04. The van der Waals surface area contributed by atoms with Gasteiger partial charge in [0.2, 0.25) is 0 Å². The molecule has 1 N–H and O–H groups in total. The van der Waals surface area contributed by atoms with Crippen LogP contribution >= 0.6 is 11.7 Å². The van der Waals surface area contributed by atoms with Crippen molar-refractivity contribution in [1.29, 1.82) is 0 Å². The summed E-state index contributed by atoms with van der Waals surface area (Å²) in [5, 5.41) is 9.68. The molecule has 0 amide bonds. The number of halogens is 2. The van der Waals surface area contributed by atoms with Crippen LogP contribution in [-0.4, -0.2) is 13.9 Å². The molecule has 0 aliphatic carbocycles. The molecule has 0 aliphatic rings. The molecule has 0 bridgehead atoms. The van der Waals surface area contributed by atoms with Crippen LogP contribution in [0.3, 0.4) is 0 Å². The maximum Gasteiger partial charge on any atom is 0.165 e. The first-order chi connectivity index (χ1) is 7.20. The maximum absolute atomic E-state index is 13.3. The second kappa shape index (κ2) is 4.00. The van der Waals surface area contributed by atoms with Crippen LogP contribution in [0.2, 0.25) is 0 Å². The van der Waals surface area contributed by atoms with E-state index >= 15 is 0 Å². The Morgan fingerprint density at radius 2 is 2.13 bits per heavy atom. The number of aliphatic hydroxyl groups is 1. The van der Waals surface area contributed by atoms with E-state index in [2.05, 4.69) is 8.75 Å². The largest absolute Gasteiger partial charge is 0.382 e. The van der Waals surface area contributed by atoms with E-state index in [1.165, 1.54) is 18.3 Å². The van der Waals surface area contributed by atoms with Crippen molar-refractivity contribution in [2.24, 2.45) is 0 Å². The van der Waals surface area contributed by atoms with Crippen molar-refractivity contribution in [3.8, 4) is 0 Å². The summed E-state index contributed by atoms with van der Waals surface area (Å²) in [6.45, 7) is 0. The van der Waals surface area contributed by atoms with Gasteiger partial charge in [-0.15, -0.1) is 0 Å². The molecule has 1 unspecified atom stereocenters. The van der Waals surface area contributed by atoms with Gasteiger partial charge < -0.3 is 5.11 Å². The molecular weight excluding hydrogens is 222 g/mol. The minimum atomic E-state index is -1.28. The zero-order valence-electron chi connectivity index (χ0n) is 7.39. The third-order valence-corrected chi connectivity index (χ3v) is 2.43. The summed E-state index contributed by atoms with van der Waals surface area (Å²) in [6, 6.07) is 3.63. The van der Waals surface area contributed by atoms with Gasteiger partial charge in [0.25, 0.3) is 0 Å². The van der Waals surface area contributed by atoms with Crippen LogP contribution in [0.25, 0.3) is 0 Å². The fourth-order valence-corrected chi connectivity index (χ4v) is 1.63. The van der Waals surface area contributed by atoms with Crippen molar-refractivity contribution in [3.63, 3.8) is 0 Å². The Kier molecular flexibility index (Phi) is 2.70. The summed E-state index contributed by atoms with van der Waals surface area (Å²) in [7, 11) is 0. The fourth-order valence-electron chi connectivity index (χ4n) is 1.18. The van der Waals surface area contributed by atoms with E-state index in [-0.39, 0.29) is 11.3 Å². The van der Waals surface area contributed by atoms with Crippen molar-refractivity contribution in [1.82, 2.24) is 8.75 Å². The number of hydrogen-bond acceptors (Lipinski definition) is 4. The molecule has 6 heteroatoms. The minimum absolute atomic E-state index is 0.136. The van der Waals surface area contributed by atoms with Gasteiger partial charge in [-0.2, -0.15) is 8.75 Å². The smallest absolute Gasteiger partial charge is 0.165 e. The molecule has 0 fully saturated rings. The molecule has 0 saturated heterocycles. The van der Waals surface area contributed by atoms with E-state index in [1.54, 1.807) is 0 Å². The first-order valence-electron chi connectivity index (χ1n) is 4.09. The lowest BCUT2D eigenvalue weighted by molar-refractivity contribution is 0.209. The lowest BCUT2D eigenvalue weighted by atomic mass is 10.1. The molecule has 0 radical (unpaired) electrons. The van der Waals surface area contributed by atoms with E-state index in [1.807, 2.05) is 0 Å². The highest BCUT2D eigenvalue weighted by molar-refractivity contribution is 6.99. The van der Waals surface area contributed by atoms with Crippen molar-refractivity contribution < 1.29 is 13.9 Å². The second-order valence-electron chi connectivity index (χ2n) is 2.88. The molecule has 1 heterocycles. The Hall–Kier alpha value is -1.40. The van der Waals surface area contributed by atoms with Crippen molar-refractivity contribution in [2.45, 2.75) is 6.10 Å².